The van der Waals surface area contributed by atoms with Crippen molar-refractivity contribution in [1.29, 1.82) is 0 Å². The van der Waals surface area contributed by atoms with E-state index in [1.165, 1.54) is 13.2 Å². The lowest BCUT2D eigenvalue weighted by Crippen LogP contribution is -2.44. The number of benzene rings is 1. The lowest BCUT2D eigenvalue weighted by atomic mass is 10.0. The summed E-state index contributed by atoms with van der Waals surface area (Å²) in [6.45, 7) is 0.960. The minimum atomic E-state index is -1.61. The molecular weight excluding hydrogens is 252 g/mol. The molecule has 0 unspecified atom stereocenters. The van der Waals surface area contributed by atoms with Gasteiger partial charge in [0.15, 0.2) is 11.5 Å². The van der Waals surface area contributed by atoms with Crippen LogP contribution in [0, 0.1) is 10.1 Å². The summed E-state index contributed by atoms with van der Waals surface area (Å²) in [5, 5.41) is 29.7. The van der Waals surface area contributed by atoms with Crippen LogP contribution < -0.4 is 9.64 Å². The third-order valence-electron chi connectivity index (χ3n) is 3.29. The Labute approximate surface area is 110 Å². The lowest BCUT2D eigenvalue weighted by Gasteiger charge is -2.36. The summed E-state index contributed by atoms with van der Waals surface area (Å²) in [6, 6.07) is 4.64. The van der Waals surface area contributed by atoms with Crippen LogP contribution in [0.4, 0.5) is 11.4 Å². The minimum absolute atomic E-state index is 0.0816. The van der Waals surface area contributed by atoms with Gasteiger partial charge in [-0.2, -0.15) is 0 Å². The maximum atomic E-state index is 10.8. The van der Waals surface area contributed by atoms with Crippen molar-refractivity contribution in [3.8, 4) is 5.75 Å². The standard InChI is InChI=1S/C12H16N2O5/c1-19-11-8-9(2-3-10(11)14(17)18)13-6-4-12(15,16)5-7-13/h2-3,8,15-16H,4-7H2,1H3. The summed E-state index contributed by atoms with van der Waals surface area (Å²) in [5.74, 6) is -1.41. The Morgan fingerprint density at radius 2 is 2.00 bits per heavy atom. The van der Waals surface area contributed by atoms with Crippen LogP contribution in [0.2, 0.25) is 0 Å². The number of aliphatic hydroxyl groups is 2. The van der Waals surface area contributed by atoms with E-state index in [2.05, 4.69) is 0 Å². The Morgan fingerprint density at radius 1 is 1.37 bits per heavy atom. The molecule has 0 aromatic heterocycles. The van der Waals surface area contributed by atoms with E-state index in [0.717, 1.165) is 5.69 Å². The number of methoxy groups -OCH3 is 1. The molecule has 0 aliphatic carbocycles. The minimum Gasteiger partial charge on any atom is -0.490 e. The van der Waals surface area contributed by atoms with Gasteiger partial charge in [-0.05, 0) is 6.07 Å². The molecule has 1 saturated heterocycles. The van der Waals surface area contributed by atoms with Gasteiger partial charge < -0.3 is 19.8 Å². The zero-order valence-corrected chi connectivity index (χ0v) is 10.6. The molecule has 1 heterocycles. The zero-order valence-electron chi connectivity index (χ0n) is 10.6. The Morgan fingerprint density at radius 3 is 2.53 bits per heavy atom. The van der Waals surface area contributed by atoms with Gasteiger partial charge in [-0.3, -0.25) is 10.1 Å². The Bertz CT molecular complexity index is 479. The van der Waals surface area contributed by atoms with E-state index in [4.69, 9.17) is 4.74 Å². The average Bonchev–Trinajstić information content (AvgIpc) is 2.37. The van der Waals surface area contributed by atoms with Gasteiger partial charge in [-0.25, -0.2) is 0 Å². The third kappa shape index (κ3) is 2.94. The van der Waals surface area contributed by atoms with Crippen LogP contribution in [0.1, 0.15) is 12.8 Å². The number of hydrogen-bond donors (Lipinski definition) is 2. The molecule has 104 valence electrons. The highest BCUT2D eigenvalue weighted by Gasteiger charge is 2.30. The average molecular weight is 268 g/mol. The molecule has 0 spiro atoms. The van der Waals surface area contributed by atoms with E-state index in [9.17, 15) is 20.3 Å². The molecule has 2 rings (SSSR count). The van der Waals surface area contributed by atoms with Crippen LogP contribution in [-0.4, -0.2) is 41.1 Å². The first-order valence-corrected chi connectivity index (χ1v) is 5.95. The van der Waals surface area contributed by atoms with Crippen LogP contribution in [-0.2, 0) is 0 Å². The van der Waals surface area contributed by atoms with Crippen molar-refractivity contribution in [3.63, 3.8) is 0 Å². The van der Waals surface area contributed by atoms with E-state index in [1.54, 1.807) is 12.1 Å². The fourth-order valence-electron chi connectivity index (χ4n) is 2.14. The van der Waals surface area contributed by atoms with E-state index in [0.29, 0.717) is 13.1 Å². The molecular formula is C12H16N2O5. The summed E-state index contributed by atoms with van der Waals surface area (Å²) in [4.78, 5) is 12.2. The fourth-order valence-corrected chi connectivity index (χ4v) is 2.14. The SMILES string of the molecule is COc1cc(N2CCC(O)(O)CC2)ccc1[N+](=O)[O-]. The van der Waals surface area contributed by atoms with E-state index < -0.39 is 10.7 Å². The first-order valence-electron chi connectivity index (χ1n) is 5.95. The van der Waals surface area contributed by atoms with Gasteiger partial charge in [0.2, 0.25) is 0 Å². The molecule has 7 heteroatoms. The van der Waals surface area contributed by atoms with Crippen molar-refractivity contribution in [2.24, 2.45) is 0 Å². The highest BCUT2D eigenvalue weighted by Crippen LogP contribution is 2.33. The van der Waals surface area contributed by atoms with Crippen molar-refractivity contribution < 1.29 is 19.9 Å². The Kier molecular flexibility index (Phi) is 3.59. The van der Waals surface area contributed by atoms with Crippen molar-refractivity contribution in [3.05, 3.63) is 28.3 Å². The summed E-state index contributed by atoms with van der Waals surface area (Å²) in [6.07, 6.45) is 0.485. The Hall–Kier alpha value is -1.86. The zero-order chi connectivity index (χ0) is 14.0. The number of nitro benzene ring substituents is 1. The number of anilines is 1. The number of ether oxygens (including phenoxy) is 1. The quantitative estimate of drug-likeness (QED) is 0.480. The second-order valence-corrected chi connectivity index (χ2v) is 4.58. The molecule has 0 atom stereocenters. The predicted molar refractivity (Wildman–Crippen MR) is 68.3 cm³/mol. The summed E-state index contributed by atoms with van der Waals surface area (Å²) in [7, 11) is 1.38. The third-order valence-corrected chi connectivity index (χ3v) is 3.29. The highest BCUT2D eigenvalue weighted by atomic mass is 16.6. The van der Waals surface area contributed by atoms with Gasteiger partial charge in [0.25, 0.3) is 0 Å². The second-order valence-electron chi connectivity index (χ2n) is 4.58. The Balaban J connectivity index is 2.20. The van der Waals surface area contributed by atoms with Crippen LogP contribution in [0.25, 0.3) is 0 Å². The molecule has 1 fully saturated rings. The second kappa shape index (κ2) is 5.02. The lowest BCUT2D eigenvalue weighted by molar-refractivity contribution is -0.385. The van der Waals surface area contributed by atoms with Gasteiger partial charge >= 0.3 is 5.69 Å². The molecule has 7 nitrogen and oxygen atoms in total. The number of nitrogens with zero attached hydrogens (tertiary/aromatic N) is 2. The molecule has 1 aliphatic rings. The van der Waals surface area contributed by atoms with E-state index >= 15 is 0 Å². The van der Waals surface area contributed by atoms with E-state index in [1.807, 2.05) is 4.90 Å². The molecule has 0 radical (unpaired) electrons. The van der Waals surface area contributed by atoms with Crippen molar-refractivity contribution in [1.82, 2.24) is 0 Å². The molecule has 0 saturated carbocycles. The van der Waals surface area contributed by atoms with Crippen molar-refractivity contribution in [2.75, 3.05) is 25.1 Å². The van der Waals surface area contributed by atoms with Crippen LogP contribution in [0.5, 0.6) is 5.75 Å². The maximum Gasteiger partial charge on any atom is 0.311 e. The van der Waals surface area contributed by atoms with Gasteiger partial charge in [-0.15, -0.1) is 0 Å². The summed E-state index contributed by atoms with van der Waals surface area (Å²) in [5.41, 5.74) is 0.694. The molecule has 1 aromatic carbocycles. The van der Waals surface area contributed by atoms with E-state index in [-0.39, 0.29) is 24.3 Å². The normalized spacial score (nSPS) is 18.2. The summed E-state index contributed by atoms with van der Waals surface area (Å²) < 4.78 is 5.01. The van der Waals surface area contributed by atoms with Crippen LogP contribution in [0.15, 0.2) is 18.2 Å². The smallest absolute Gasteiger partial charge is 0.311 e. The van der Waals surface area contributed by atoms with Gasteiger partial charge in [-0.1, -0.05) is 0 Å². The van der Waals surface area contributed by atoms with Crippen molar-refractivity contribution >= 4 is 11.4 Å². The van der Waals surface area contributed by atoms with Crippen molar-refractivity contribution in [2.45, 2.75) is 18.6 Å². The molecule has 2 N–H and O–H groups in total. The van der Waals surface area contributed by atoms with Gasteiger partial charge in [0, 0.05) is 43.8 Å². The molecule has 0 bridgehead atoms. The topological polar surface area (TPSA) is 96.1 Å². The largest absolute Gasteiger partial charge is 0.490 e. The number of hydrogen-bond acceptors (Lipinski definition) is 6. The fraction of sp³-hybridized carbons (Fsp3) is 0.500. The van der Waals surface area contributed by atoms with Gasteiger partial charge in [0.05, 0.1) is 12.0 Å². The summed E-state index contributed by atoms with van der Waals surface area (Å²) >= 11 is 0. The molecule has 1 aromatic rings. The predicted octanol–water partition coefficient (Wildman–Crippen LogP) is 0.884. The molecule has 1 aliphatic heterocycles. The maximum absolute atomic E-state index is 10.8. The molecule has 0 amide bonds. The number of rotatable bonds is 3. The monoisotopic (exact) mass is 268 g/mol. The van der Waals surface area contributed by atoms with Crippen LogP contribution in [0.3, 0.4) is 0 Å². The van der Waals surface area contributed by atoms with Crippen LogP contribution >= 0.6 is 0 Å². The first-order chi connectivity index (χ1) is 8.93. The molecule has 19 heavy (non-hydrogen) atoms. The van der Waals surface area contributed by atoms with Gasteiger partial charge in [0.1, 0.15) is 0 Å². The first kappa shape index (κ1) is 13.6. The number of piperidine rings is 1. The highest BCUT2D eigenvalue weighted by molar-refractivity contribution is 5.59. The number of nitro groups is 1.